The van der Waals surface area contributed by atoms with Crippen LogP contribution in [0.2, 0.25) is 0 Å². The summed E-state index contributed by atoms with van der Waals surface area (Å²) < 4.78 is 34.1. The molecule has 6 heteroatoms. The van der Waals surface area contributed by atoms with Crippen LogP contribution in [0, 0.1) is 11.6 Å². The Bertz CT molecular complexity index is 936. The van der Waals surface area contributed by atoms with Gasteiger partial charge in [-0.3, -0.25) is 10.00 Å². The van der Waals surface area contributed by atoms with Crippen molar-refractivity contribution in [2.45, 2.75) is 25.3 Å². The maximum atomic E-state index is 14.3. The summed E-state index contributed by atoms with van der Waals surface area (Å²) in [5.74, 6) is -0.117. The van der Waals surface area contributed by atoms with Crippen molar-refractivity contribution in [3.05, 3.63) is 71.6 Å². The highest BCUT2D eigenvalue weighted by Gasteiger charge is 2.27. The van der Waals surface area contributed by atoms with Crippen LogP contribution in [0.15, 0.2) is 48.7 Å². The Labute approximate surface area is 163 Å². The van der Waals surface area contributed by atoms with Crippen LogP contribution in [0.1, 0.15) is 30.0 Å². The number of nitrogens with zero attached hydrogens (tertiary/aromatic N) is 2. The second-order valence-electron chi connectivity index (χ2n) is 7.18. The van der Waals surface area contributed by atoms with Gasteiger partial charge in [0.15, 0.2) is 0 Å². The minimum absolute atomic E-state index is 0.00639. The molecular formula is C22H23F2N3O. The summed E-state index contributed by atoms with van der Waals surface area (Å²) in [5, 5.41) is 7.10. The Morgan fingerprint density at radius 1 is 1.14 bits per heavy atom. The second-order valence-corrected chi connectivity index (χ2v) is 7.18. The summed E-state index contributed by atoms with van der Waals surface area (Å²) >= 11 is 0. The standard InChI is InChI=1S/C22H23F2N3O/c1-28-20-10-3-2-6-15(20)13-27-11-5-7-16(14-27)22-17(12-25-26-22)21-18(23)8-4-9-19(21)24/h2-4,6,8-10,12,16H,5,7,11,13-14H2,1H3,(H,25,26)/t16-/m0/s1. The number of halogens is 2. The van der Waals surface area contributed by atoms with Crippen molar-refractivity contribution in [3.63, 3.8) is 0 Å². The van der Waals surface area contributed by atoms with Crippen molar-refractivity contribution < 1.29 is 13.5 Å². The first-order valence-electron chi connectivity index (χ1n) is 9.49. The first-order chi connectivity index (χ1) is 13.7. The first-order valence-corrected chi connectivity index (χ1v) is 9.49. The summed E-state index contributed by atoms with van der Waals surface area (Å²) in [6, 6.07) is 11.9. The fraction of sp³-hybridized carbons (Fsp3) is 0.318. The third kappa shape index (κ3) is 3.64. The summed E-state index contributed by atoms with van der Waals surface area (Å²) in [6.07, 6.45) is 3.49. The molecule has 0 saturated carbocycles. The summed E-state index contributed by atoms with van der Waals surface area (Å²) in [7, 11) is 1.68. The molecule has 0 amide bonds. The van der Waals surface area contributed by atoms with E-state index < -0.39 is 11.6 Å². The predicted octanol–water partition coefficient (Wildman–Crippen LogP) is 4.74. The van der Waals surface area contributed by atoms with Crippen molar-refractivity contribution in [2.75, 3.05) is 20.2 Å². The van der Waals surface area contributed by atoms with Gasteiger partial charge in [0, 0.05) is 35.8 Å². The van der Waals surface area contributed by atoms with Gasteiger partial charge < -0.3 is 4.74 Å². The molecule has 2 heterocycles. The van der Waals surface area contributed by atoms with E-state index in [1.54, 1.807) is 7.11 Å². The highest BCUT2D eigenvalue weighted by atomic mass is 19.1. The van der Waals surface area contributed by atoms with Gasteiger partial charge in [0.05, 0.1) is 18.9 Å². The van der Waals surface area contributed by atoms with E-state index in [4.69, 9.17) is 4.74 Å². The van der Waals surface area contributed by atoms with E-state index in [-0.39, 0.29) is 11.5 Å². The Kier molecular flexibility index (Phi) is 5.39. The first kappa shape index (κ1) is 18.6. The number of aromatic nitrogens is 2. The van der Waals surface area contributed by atoms with Gasteiger partial charge in [0.1, 0.15) is 17.4 Å². The Hall–Kier alpha value is -2.73. The van der Waals surface area contributed by atoms with Crippen LogP contribution in [0.3, 0.4) is 0 Å². The van der Waals surface area contributed by atoms with Gasteiger partial charge in [-0.15, -0.1) is 0 Å². The van der Waals surface area contributed by atoms with Gasteiger partial charge in [-0.2, -0.15) is 5.10 Å². The van der Waals surface area contributed by atoms with Crippen molar-refractivity contribution in [3.8, 4) is 16.9 Å². The van der Waals surface area contributed by atoms with E-state index in [1.807, 2.05) is 18.2 Å². The lowest BCUT2D eigenvalue weighted by Crippen LogP contribution is -2.34. The molecule has 4 nitrogen and oxygen atoms in total. The number of methoxy groups -OCH3 is 1. The average Bonchev–Trinajstić information content (AvgIpc) is 3.18. The van der Waals surface area contributed by atoms with E-state index in [0.717, 1.165) is 49.5 Å². The molecule has 146 valence electrons. The number of H-pyrrole nitrogens is 1. The molecule has 1 N–H and O–H groups in total. The highest BCUT2D eigenvalue weighted by molar-refractivity contribution is 5.67. The van der Waals surface area contributed by atoms with Crippen LogP contribution in [-0.2, 0) is 6.54 Å². The molecule has 0 radical (unpaired) electrons. The number of nitrogens with one attached hydrogen (secondary N) is 1. The van der Waals surface area contributed by atoms with Gasteiger partial charge in [0.25, 0.3) is 0 Å². The summed E-state index contributed by atoms with van der Waals surface area (Å²) in [4.78, 5) is 2.36. The molecular weight excluding hydrogens is 360 g/mol. The maximum Gasteiger partial charge on any atom is 0.134 e. The number of aromatic amines is 1. The molecule has 28 heavy (non-hydrogen) atoms. The maximum absolute atomic E-state index is 14.3. The van der Waals surface area contributed by atoms with E-state index in [2.05, 4.69) is 21.2 Å². The second kappa shape index (κ2) is 8.10. The number of rotatable bonds is 5. The molecule has 0 spiro atoms. The Morgan fingerprint density at radius 2 is 1.93 bits per heavy atom. The Morgan fingerprint density at radius 3 is 2.71 bits per heavy atom. The molecule has 1 saturated heterocycles. The number of hydrogen-bond donors (Lipinski definition) is 1. The van der Waals surface area contributed by atoms with E-state index in [0.29, 0.717) is 5.56 Å². The summed E-state index contributed by atoms with van der Waals surface area (Å²) in [6.45, 7) is 2.55. The van der Waals surface area contributed by atoms with Crippen LogP contribution in [0.25, 0.3) is 11.1 Å². The average molecular weight is 383 g/mol. The quantitative estimate of drug-likeness (QED) is 0.692. The van der Waals surface area contributed by atoms with Gasteiger partial charge >= 0.3 is 0 Å². The molecule has 0 bridgehead atoms. The van der Waals surface area contributed by atoms with Crippen LogP contribution >= 0.6 is 0 Å². The van der Waals surface area contributed by atoms with Crippen LogP contribution in [0.4, 0.5) is 8.78 Å². The minimum Gasteiger partial charge on any atom is -0.496 e. The van der Waals surface area contributed by atoms with Crippen LogP contribution in [-0.4, -0.2) is 35.3 Å². The lowest BCUT2D eigenvalue weighted by molar-refractivity contribution is 0.196. The molecule has 1 aliphatic rings. The monoisotopic (exact) mass is 383 g/mol. The fourth-order valence-corrected chi connectivity index (χ4v) is 4.07. The number of hydrogen-bond acceptors (Lipinski definition) is 3. The molecule has 1 aromatic heterocycles. The normalized spacial score (nSPS) is 17.6. The summed E-state index contributed by atoms with van der Waals surface area (Å²) in [5.41, 5.74) is 2.44. The molecule has 1 aliphatic heterocycles. The van der Waals surface area contributed by atoms with E-state index >= 15 is 0 Å². The van der Waals surface area contributed by atoms with Crippen molar-refractivity contribution in [2.24, 2.45) is 0 Å². The van der Waals surface area contributed by atoms with E-state index in [1.165, 1.54) is 24.4 Å². The fourth-order valence-electron chi connectivity index (χ4n) is 4.07. The number of piperidine rings is 1. The number of benzene rings is 2. The van der Waals surface area contributed by atoms with Gasteiger partial charge in [0.2, 0.25) is 0 Å². The molecule has 1 fully saturated rings. The van der Waals surface area contributed by atoms with Crippen LogP contribution in [0.5, 0.6) is 5.75 Å². The largest absolute Gasteiger partial charge is 0.496 e. The lowest BCUT2D eigenvalue weighted by atomic mass is 9.90. The van der Waals surface area contributed by atoms with Gasteiger partial charge in [-0.1, -0.05) is 24.3 Å². The third-order valence-electron chi connectivity index (χ3n) is 5.40. The SMILES string of the molecule is COc1ccccc1CN1CCC[C@H](c2[nH]ncc2-c2c(F)cccc2F)C1. The van der Waals surface area contributed by atoms with Crippen molar-refractivity contribution >= 4 is 0 Å². The smallest absolute Gasteiger partial charge is 0.134 e. The van der Waals surface area contributed by atoms with Gasteiger partial charge in [-0.25, -0.2) is 8.78 Å². The number of likely N-dealkylation sites (tertiary alicyclic amines) is 1. The Balaban J connectivity index is 1.57. The van der Waals surface area contributed by atoms with Crippen molar-refractivity contribution in [1.82, 2.24) is 15.1 Å². The zero-order valence-corrected chi connectivity index (χ0v) is 15.8. The number of para-hydroxylation sites is 1. The zero-order valence-electron chi connectivity index (χ0n) is 15.8. The zero-order chi connectivity index (χ0) is 19.5. The molecule has 4 rings (SSSR count). The molecule has 2 aromatic carbocycles. The molecule has 0 unspecified atom stereocenters. The molecule has 0 aliphatic carbocycles. The minimum atomic E-state index is -0.565. The number of ether oxygens (including phenoxy) is 1. The van der Waals surface area contributed by atoms with Crippen molar-refractivity contribution in [1.29, 1.82) is 0 Å². The molecule has 1 atom stereocenters. The van der Waals surface area contributed by atoms with Crippen LogP contribution < -0.4 is 4.74 Å². The van der Waals surface area contributed by atoms with Gasteiger partial charge in [-0.05, 0) is 37.6 Å². The lowest BCUT2D eigenvalue weighted by Gasteiger charge is -2.33. The predicted molar refractivity (Wildman–Crippen MR) is 104 cm³/mol. The topological polar surface area (TPSA) is 41.1 Å². The highest BCUT2D eigenvalue weighted by Crippen LogP contribution is 2.36. The van der Waals surface area contributed by atoms with E-state index in [9.17, 15) is 8.78 Å². The molecule has 3 aromatic rings. The third-order valence-corrected chi connectivity index (χ3v) is 5.40.